The number of carbonyl (C=O) groups is 1. The quantitative estimate of drug-likeness (QED) is 0.680. The van der Waals surface area contributed by atoms with Crippen molar-refractivity contribution < 1.29 is 4.79 Å². The van der Waals surface area contributed by atoms with Crippen molar-refractivity contribution in [2.75, 3.05) is 20.6 Å². The summed E-state index contributed by atoms with van der Waals surface area (Å²) in [6, 6.07) is 10.7. The molecule has 0 radical (unpaired) electrons. The standard InChI is InChI=1S/C20H29N7O/c1-26(2)13-19(28)21-20-16-10-15(8-9-17(16)22-24-20)18-12-27(25-23-18)11-14-6-4-3-5-7-14/h3-7,12,15-17,20,22,24H,8-11,13H2,1-2H3,(H,21,28). The van der Waals surface area contributed by atoms with E-state index in [9.17, 15) is 4.79 Å². The van der Waals surface area contributed by atoms with E-state index in [0.717, 1.165) is 31.5 Å². The predicted octanol–water partition coefficient (Wildman–Crippen LogP) is 0.690. The summed E-state index contributed by atoms with van der Waals surface area (Å²) in [5.41, 5.74) is 8.90. The molecule has 1 amide bonds. The second-order valence-electron chi connectivity index (χ2n) is 8.18. The molecular weight excluding hydrogens is 354 g/mol. The first-order valence-electron chi connectivity index (χ1n) is 9.97. The average molecular weight is 384 g/mol. The number of hydrogen-bond donors (Lipinski definition) is 3. The monoisotopic (exact) mass is 383 g/mol. The third kappa shape index (κ3) is 4.40. The first-order valence-corrected chi connectivity index (χ1v) is 9.97. The number of hydrogen-bond acceptors (Lipinski definition) is 6. The van der Waals surface area contributed by atoms with Crippen LogP contribution >= 0.6 is 0 Å². The Balaban J connectivity index is 1.38. The third-order valence-corrected chi connectivity index (χ3v) is 5.69. The van der Waals surface area contributed by atoms with Gasteiger partial charge in [0.1, 0.15) is 0 Å². The molecule has 0 spiro atoms. The zero-order valence-electron chi connectivity index (χ0n) is 16.5. The fourth-order valence-corrected chi connectivity index (χ4v) is 4.32. The van der Waals surface area contributed by atoms with Crippen LogP contribution in [0.3, 0.4) is 0 Å². The molecule has 8 nitrogen and oxygen atoms in total. The molecule has 1 aliphatic heterocycles. The van der Waals surface area contributed by atoms with Gasteiger partial charge in [0.25, 0.3) is 0 Å². The largest absolute Gasteiger partial charge is 0.338 e. The summed E-state index contributed by atoms with van der Waals surface area (Å²) < 4.78 is 1.91. The number of amides is 1. The molecule has 4 unspecified atom stereocenters. The van der Waals surface area contributed by atoms with Crippen LogP contribution in [0.1, 0.15) is 36.4 Å². The van der Waals surface area contributed by atoms with E-state index in [1.807, 2.05) is 41.9 Å². The fourth-order valence-electron chi connectivity index (χ4n) is 4.32. The van der Waals surface area contributed by atoms with E-state index < -0.39 is 0 Å². The molecular formula is C20H29N7O. The van der Waals surface area contributed by atoms with E-state index >= 15 is 0 Å². The van der Waals surface area contributed by atoms with E-state index in [-0.39, 0.29) is 12.1 Å². The van der Waals surface area contributed by atoms with Crippen LogP contribution in [-0.2, 0) is 11.3 Å². The zero-order valence-corrected chi connectivity index (χ0v) is 16.5. The van der Waals surface area contributed by atoms with Crippen LogP contribution in [0.4, 0.5) is 0 Å². The summed E-state index contributed by atoms with van der Waals surface area (Å²) in [6.45, 7) is 1.13. The second-order valence-corrected chi connectivity index (χ2v) is 8.18. The van der Waals surface area contributed by atoms with Crippen molar-refractivity contribution in [3.8, 4) is 0 Å². The first-order chi connectivity index (χ1) is 13.6. The van der Waals surface area contributed by atoms with Crippen LogP contribution in [-0.4, -0.2) is 58.6 Å². The number of aromatic nitrogens is 3. The van der Waals surface area contributed by atoms with E-state index in [1.54, 1.807) is 0 Å². The van der Waals surface area contributed by atoms with Gasteiger partial charge in [0, 0.05) is 24.1 Å². The topological polar surface area (TPSA) is 87.1 Å². The van der Waals surface area contributed by atoms with Crippen molar-refractivity contribution in [2.45, 2.75) is 43.9 Å². The van der Waals surface area contributed by atoms with E-state index in [4.69, 9.17) is 0 Å². The summed E-state index contributed by atoms with van der Waals surface area (Å²) in [4.78, 5) is 14.0. The second kappa shape index (κ2) is 8.38. The van der Waals surface area contributed by atoms with E-state index in [1.165, 1.54) is 5.56 Å². The van der Waals surface area contributed by atoms with Gasteiger partial charge in [0.15, 0.2) is 0 Å². The van der Waals surface area contributed by atoms with Crippen LogP contribution in [0, 0.1) is 5.92 Å². The maximum atomic E-state index is 12.2. The Morgan fingerprint density at radius 3 is 2.86 bits per heavy atom. The summed E-state index contributed by atoms with van der Waals surface area (Å²) in [7, 11) is 3.80. The maximum Gasteiger partial charge on any atom is 0.235 e. The van der Waals surface area contributed by atoms with Gasteiger partial charge in [0.05, 0.1) is 24.9 Å². The highest BCUT2D eigenvalue weighted by atomic mass is 16.2. The molecule has 1 aromatic carbocycles. The zero-order chi connectivity index (χ0) is 19.5. The summed E-state index contributed by atoms with van der Waals surface area (Å²) in [5.74, 6) is 0.769. The van der Waals surface area contributed by atoms with Crippen LogP contribution in [0.15, 0.2) is 36.5 Å². The predicted molar refractivity (Wildman–Crippen MR) is 106 cm³/mol. The third-order valence-electron chi connectivity index (χ3n) is 5.69. The van der Waals surface area contributed by atoms with Crippen molar-refractivity contribution in [1.82, 2.24) is 36.1 Å². The minimum atomic E-state index is -0.0420. The van der Waals surface area contributed by atoms with Gasteiger partial charge in [-0.05, 0) is 38.9 Å². The number of rotatable bonds is 6. The van der Waals surface area contributed by atoms with Crippen LogP contribution in [0.2, 0.25) is 0 Å². The number of carbonyl (C=O) groups excluding carboxylic acids is 1. The number of likely N-dealkylation sites (N-methyl/N-ethyl adjacent to an activating group) is 1. The van der Waals surface area contributed by atoms with E-state index in [0.29, 0.717) is 24.4 Å². The Morgan fingerprint density at radius 2 is 2.07 bits per heavy atom. The Kier molecular flexibility index (Phi) is 5.70. The molecule has 2 aromatic rings. The van der Waals surface area contributed by atoms with Crippen molar-refractivity contribution in [3.63, 3.8) is 0 Å². The van der Waals surface area contributed by atoms with E-state index in [2.05, 4.69) is 44.8 Å². The molecule has 4 rings (SSSR count). The number of nitrogens with one attached hydrogen (secondary N) is 3. The first kappa shape index (κ1) is 19.0. The Morgan fingerprint density at radius 1 is 1.25 bits per heavy atom. The van der Waals surface area contributed by atoms with Crippen molar-refractivity contribution >= 4 is 5.91 Å². The van der Waals surface area contributed by atoms with Gasteiger partial charge in [-0.25, -0.2) is 10.1 Å². The van der Waals surface area contributed by atoms with Crippen LogP contribution in [0.5, 0.6) is 0 Å². The minimum absolute atomic E-state index is 0.0420. The molecule has 3 N–H and O–H groups in total. The average Bonchev–Trinajstić information content (AvgIpc) is 3.29. The van der Waals surface area contributed by atoms with Gasteiger partial charge >= 0.3 is 0 Å². The van der Waals surface area contributed by atoms with Gasteiger partial charge < -0.3 is 10.2 Å². The molecule has 8 heteroatoms. The molecule has 2 aliphatic rings. The number of nitrogens with zero attached hydrogens (tertiary/aromatic N) is 4. The normalized spacial score (nSPS) is 27.0. The van der Waals surface area contributed by atoms with Gasteiger partial charge in [-0.15, -0.1) is 5.10 Å². The van der Waals surface area contributed by atoms with Gasteiger partial charge in [0.2, 0.25) is 5.91 Å². The summed E-state index contributed by atoms with van der Waals surface area (Å²) >= 11 is 0. The molecule has 2 heterocycles. The number of fused-ring (bicyclic) bond motifs is 1. The molecule has 28 heavy (non-hydrogen) atoms. The number of hydrazine groups is 1. The van der Waals surface area contributed by atoms with Crippen molar-refractivity contribution in [2.24, 2.45) is 5.92 Å². The molecule has 1 saturated heterocycles. The van der Waals surface area contributed by atoms with Crippen molar-refractivity contribution in [3.05, 3.63) is 47.8 Å². The highest BCUT2D eigenvalue weighted by molar-refractivity contribution is 5.78. The van der Waals surface area contributed by atoms with Gasteiger partial charge in [-0.3, -0.25) is 10.2 Å². The lowest BCUT2D eigenvalue weighted by molar-refractivity contribution is -0.122. The SMILES string of the molecule is CN(C)CC(=O)NC1NNC2CCC(c3cn(Cc4ccccc4)nn3)CC21. The maximum absolute atomic E-state index is 12.2. The van der Waals surface area contributed by atoms with Gasteiger partial charge in [-0.2, -0.15) is 0 Å². The molecule has 1 aliphatic carbocycles. The molecule has 150 valence electrons. The molecule has 1 saturated carbocycles. The highest BCUT2D eigenvalue weighted by Crippen LogP contribution is 2.38. The molecule has 1 aromatic heterocycles. The Bertz CT molecular complexity index is 791. The lowest BCUT2D eigenvalue weighted by Crippen LogP contribution is -2.49. The van der Waals surface area contributed by atoms with Crippen LogP contribution in [0.25, 0.3) is 0 Å². The lowest BCUT2D eigenvalue weighted by Gasteiger charge is -2.32. The lowest BCUT2D eigenvalue weighted by atomic mass is 9.76. The van der Waals surface area contributed by atoms with Crippen LogP contribution < -0.4 is 16.2 Å². The number of benzene rings is 1. The molecule has 0 bridgehead atoms. The Labute approximate surface area is 165 Å². The minimum Gasteiger partial charge on any atom is -0.338 e. The van der Waals surface area contributed by atoms with Gasteiger partial charge in [-0.1, -0.05) is 35.5 Å². The smallest absolute Gasteiger partial charge is 0.235 e. The summed E-state index contributed by atoms with van der Waals surface area (Å²) in [5, 5.41) is 11.9. The molecule has 4 atom stereocenters. The fraction of sp³-hybridized carbons (Fsp3) is 0.550. The summed E-state index contributed by atoms with van der Waals surface area (Å²) in [6.07, 6.45) is 5.17. The Hall–Kier alpha value is -2.29. The molecule has 2 fully saturated rings. The van der Waals surface area contributed by atoms with Crippen molar-refractivity contribution in [1.29, 1.82) is 0 Å². The highest BCUT2D eigenvalue weighted by Gasteiger charge is 2.41.